The molecule has 0 spiro atoms. The van der Waals surface area contributed by atoms with E-state index in [0.717, 1.165) is 29.8 Å². The van der Waals surface area contributed by atoms with Gasteiger partial charge in [0.15, 0.2) is 0 Å². The van der Waals surface area contributed by atoms with Crippen molar-refractivity contribution in [1.29, 1.82) is 0 Å². The molecule has 0 radical (unpaired) electrons. The Hall–Kier alpha value is -4.12. The molecular formula is C33H29F8NO2. The quantitative estimate of drug-likeness (QED) is 0.179. The summed E-state index contributed by atoms with van der Waals surface area (Å²) >= 11 is 0. The molecule has 0 fully saturated rings. The molecule has 0 amide bonds. The smallest absolute Gasteiger partial charge is 0.457 e. The molecule has 4 aromatic rings. The van der Waals surface area contributed by atoms with Gasteiger partial charge < -0.3 is 14.7 Å². The first kappa shape index (κ1) is 32.8. The van der Waals surface area contributed by atoms with Crippen LogP contribution in [0.2, 0.25) is 0 Å². The molecule has 0 heterocycles. The second-order valence-corrected chi connectivity index (χ2v) is 10.5. The molecule has 0 aromatic heterocycles. The SMILES string of the molecule is CC(C)c1cccc(Oc2cccc(N(Cc3cccc(C(F)(F)C(F)(F)F)c3)C(CO)c3ccc(C(F)(F)F)cc3)c2)c1. The summed E-state index contributed by atoms with van der Waals surface area (Å²) in [6.45, 7) is 3.15. The molecule has 0 saturated heterocycles. The van der Waals surface area contributed by atoms with Crippen molar-refractivity contribution in [3.63, 3.8) is 0 Å². The first-order chi connectivity index (χ1) is 20.6. The predicted octanol–water partition coefficient (Wildman–Crippen LogP) is 10.0. The van der Waals surface area contributed by atoms with E-state index in [-0.39, 0.29) is 23.6 Å². The Bertz CT molecular complexity index is 1550. The topological polar surface area (TPSA) is 32.7 Å². The number of ether oxygens (including phenoxy) is 1. The van der Waals surface area contributed by atoms with Gasteiger partial charge in [-0.1, -0.05) is 62.4 Å². The van der Waals surface area contributed by atoms with Gasteiger partial charge in [-0.05, 0) is 65.1 Å². The molecule has 4 rings (SSSR count). The maximum Gasteiger partial charge on any atom is 0.458 e. The van der Waals surface area contributed by atoms with Crippen molar-refractivity contribution in [3.8, 4) is 11.5 Å². The van der Waals surface area contributed by atoms with E-state index >= 15 is 0 Å². The van der Waals surface area contributed by atoms with Crippen LogP contribution >= 0.6 is 0 Å². The highest BCUT2D eigenvalue weighted by atomic mass is 19.4. The summed E-state index contributed by atoms with van der Waals surface area (Å²) in [5.74, 6) is -4.00. The van der Waals surface area contributed by atoms with Gasteiger partial charge in [0.25, 0.3) is 0 Å². The number of halogens is 8. The number of aliphatic hydroxyl groups is 1. The molecule has 1 unspecified atom stereocenters. The fourth-order valence-electron chi connectivity index (χ4n) is 4.68. The third-order valence-corrected chi connectivity index (χ3v) is 7.08. The van der Waals surface area contributed by atoms with Crippen LogP contribution in [0.25, 0.3) is 0 Å². The first-order valence-corrected chi connectivity index (χ1v) is 13.6. The van der Waals surface area contributed by atoms with Crippen LogP contribution in [0.15, 0.2) is 97.1 Å². The van der Waals surface area contributed by atoms with Gasteiger partial charge in [-0.3, -0.25) is 0 Å². The maximum absolute atomic E-state index is 14.2. The number of anilines is 1. The van der Waals surface area contributed by atoms with E-state index in [4.69, 9.17) is 4.74 Å². The number of aliphatic hydroxyl groups excluding tert-OH is 1. The summed E-state index contributed by atoms with van der Waals surface area (Å²) in [4.78, 5) is 1.50. The summed E-state index contributed by atoms with van der Waals surface area (Å²) in [5.41, 5.74) is -0.473. The molecule has 44 heavy (non-hydrogen) atoms. The molecule has 0 aliphatic heterocycles. The minimum absolute atomic E-state index is 0.0488. The highest BCUT2D eigenvalue weighted by Gasteiger charge is 2.58. The van der Waals surface area contributed by atoms with Crippen LogP contribution in [-0.2, 0) is 18.6 Å². The lowest BCUT2D eigenvalue weighted by Crippen LogP contribution is -2.34. The molecule has 0 aliphatic rings. The average molecular weight is 624 g/mol. The molecule has 234 valence electrons. The Morgan fingerprint density at radius 3 is 1.89 bits per heavy atom. The van der Waals surface area contributed by atoms with Gasteiger partial charge in [-0.15, -0.1) is 0 Å². The van der Waals surface area contributed by atoms with Crippen molar-refractivity contribution in [2.75, 3.05) is 11.5 Å². The first-order valence-electron chi connectivity index (χ1n) is 13.6. The molecule has 1 atom stereocenters. The Balaban J connectivity index is 1.76. The minimum Gasteiger partial charge on any atom is -0.457 e. The standard InChI is InChI=1S/C33H29F8NO2/c1-21(2)24-7-4-10-28(17-24)44-29-11-5-9-27(18-29)42(30(20-43)23-12-14-25(15-13-23)32(36,37)38)19-22-6-3-8-26(16-22)31(34,35)33(39,40)41/h3-18,21,30,43H,19-20H2,1-2H3. The van der Waals surface area contributed by atoms with E-state index in [9.17, 15) is 40.2 Å². The summed E-state index contributed by atoms with van der Waals surface area (Å²) in [7, 11) is 0. The average Bonchev–Trinajstić information content (AvgIpc) is 2.96. The van der Waals surface area contributed by atoms with E-state index in [2.05, 4.69) is 0 Å². The van der Waals surface area contributed by atoms with Crippen molar-refractivity contribution in [3.05, 3.63) is 125 Å². The molecule has 0 saturated carbocycles. The van der Waals surface area contributed by atoms with Crippen molar-refractivity contribution >= 4 is 5.69 Å². The zero-order valence-corrected chi connectivity index (χ0v) is 23.6. The summed E-state index contributed by atoms with van der Waals surface area (Å²) in [5, 5.41) is 10.4. The second kappa shape index (κ2) is 12.9. The van der Waals surface area contributed by atoms with Crippen LogP contribution in [0.4, 0.5) is 40.8 Å². The van der Waals surface area contributed by atoms with E-state index in [1.165, 1.54) is 23.1 Å². The molecular weight excluding hydrogens is 594 g/mol. The zero-order valence-electron chi connectivity index (χ0n) is 23.6. The number of hydrogen-bond donors (Lipinski definition) is 1. The molecule has 3 nitrogen and oxygen atoms in total. The van der Waals surface area contributed by atoms with Crippen LogP contribution in [0.3, 0.4) is 0 Å². The van der Waals surface area contributed by atoms with E-state index in [1.54, 1.807) is 30.3 Å². The highest BCUT2D eigenvalue weighted by molar-refractivity contribution is 5.54. The number of benzene rings is 4. The van der Waals surface area contributed by atoms with Gasteiger partial charge in [0.05, 0.1) is 18.2 Å². The number of alkyl halides is 8. The minimum atomic E-state index is -5.82. The number of hydrogen-bond acceptors (Lipinski definition) is 3. The van der Waals surface area contributed by atoms with Gasteiger partial charge in [-0.25, -0.2) is 0 Å². The lowest BCUT2D eigenvalue weighted by atomic mass is 10.0. The third kappa shape index (κ3) is 7.50. The predicted molar refractivity (Wildman–Crippen MR) is 151 cm³/mol. The maximum atomic E-state index is 14.2. The Labute approximate surface area is 249 Å². The molecule has 11 heteroatoms. The van der Waals surface area contributed by atoms with E-state index < -0.39 is 42.1 Å². The summed E-state index contributed by atoms with van der Waals surface area (Å²) in [6.07, 6.45) is -10.4. The van der Waals surface area contributed by atoms with Crippen LogP contribution < -0.4 is 9.64 Å². The van der Waals surface area contributed by atoms with Gasteiger partial charge in [0.1, 0.15) is 11.5 Å². The fraction of sp³-hybridized carbons (Fsp3) is 0.273. The lowest BCUT2D eigenvalue weighted by molar-refractivity contribution is -0.289. The fourth-order valence-corrected chi connectivity index (χ4v) is 4.68. The van der Waals surface area contributed by atoms with Gasteiger partial charge >= 0.3 is 18.3 Å². The van der Waals surface area contributed by atoms with Crippen molar-refractivity contribution < 1.29 is 45.0 Å². The Kier molecular flexibility index (Phi) is 9.58. The van der Waals surface area contributed by atoms with Crippen LogP contribution in [0, 0.1) is 0 Å². The summed E-state index contributed by atoms with van der Waals surface area (Å²) in [6, 6.07) is 20.7. The molecule has 1 N–H and O–H groups in total. The zero-order chi connectivity index (χ0) is 32.3. The van der Waals surface area contributed by atoms with Crippen LogP contribution in [-0.4, -0.2) is 17.9 Å². The highest BCUT2D eigenvalue weighted by Crippen LogP contribution is 2.44. The van der Waals surface area contributed by atoms with Crippen molar-refractivity contribution in [2.24, 2.45) is 0 Å². The number of nitrogens with zero attached hydrogens (tertiary/aromatic N) is 1. The van der Waals surface area contributed by atoms with Gasteiger partial charge in [-0.2, -0.15) is 35.1 Å². The van der Waals surface area contributed by atoms with Crippen LogP contribution in [0.5, 0.6) is 11.5 Å². The molecule has 4 aromatic carbocycles. The lowest BCUT2D eigenvalue weighted by Gasteiger charge is -2.34. The second-order valence-electron chi connectivity index (χ2n) is 10.5. The molecule has 0 aliphatic carbocycles. The van der Waals surface area contributed by atoms with E-state index in [1.807, 2.05) is 32.0 Å². The van der Waals surface area contributed by atoms with Gasteiger partial charge in [0, 0.05) is 23.9 Å². The summed E-state index contributed by atoms with van der Waals surface area (Å²) < 4.78 is 113. The Morgan fingerprint density at radius 2 is 1.30 bits per heavy atom. The number of rotatable bonds is 10. The van der Waals surface area contributed by atoms with Crippen molar-refractivity contribution in [1.82, 2.24) is 0 Å². The Morgan fingerprint density at radius 1 is 0.682 bits per heavy atom. The monoisotopic (exact) mass is 623 g/mol. The normalized spacial score (nSPS) is 13.2. The van der Waals surface area contributed by atoms with Crippen LogP contribution in [0.1, 0.15) is 53.6 Å². The van der Waals surface area contributed by atoms with Crippen molar-refractivity contribution in [2.45, 2.75) is 50.6 Å². The van der Waals surface area contributed by atoms with E-state index in [0.29, 0.717) is 23.3 Å². The third-order valence-electron chi connectivity index (χ3n) is 7.08. The molecule has 0 bridgehead atoms. The van der Waals surface area contributed by atoms with Gasteiger partial charge in [0.2, 0.25) is 0 Å². The largest absolute Gasteiger partial charge is 0.458 e.